The molecule has 1 N–H and O–H groups in total. The first-order valence-corrected chi connectivity index (χ1v) is 5.12. The molecular weight excluding hydrogens is 202 g/mol. The maximum absolute atomic E-state index is 11.0. The number of aryl methyl sites for hydroxylation is 1. The molecule has 0 bridgehead atoms. The molecule has 0 amide bonds. The Labute approximate surface area is 93.8 Å². The van der Waals surface area contributed by atoms with Crippen LogP contribution in [0.25, 0.3) is 11.3 Å². The second kappa shape index (κ2) is 4.26. The van der Waals surface area contributed by atoms with Gasteiger partial charge in [-0.05, 0) is 26.0 Å². The third-order valence-corrected chi connectivity index (χ3v) is 2.29. The second-order valence-electron chi connectivity index (χ2n) is 3.78. The molecule has 0 aliphatic heterocycles. The van der Waals surface area contributed by atoms with Gasteiger partial charge in [0.25, 0.3) is 0 Å². The molecule has 2 aromatic rings. The number of Topliss-reactive ketones (excluding diaryl/α,β-unsaturated/α-hetero) is 1. The summed E-state index contributed by atoms with van der Waals surface area (Å²) in [5.41, 5.74) is 2.79. The van der Waals surface area contributed by atoms with E-state index in [0.29, 0.717) is 12.2 Å². The molecule has 2 rings (SSSR count). The smallest absolute Gasteiger partial charge is 0.137 e. The highest BCUT2D eigenvalue weighted by molar-refractivity contribution is 5.77. The van der Waals surface area contributed by atoms with Crippen LogP contribution in [0.15, 0.2) is 24.5 Å². The summed E-state index contributed by atoms with van der Waals surface area (Å²) in [6.07, 6.45) is 3.84. The van der Waals surface area contributed by atoms with Crippen molar-refractivity contribution in [1.29, 1.82) is 0 Å². The highest BCUT2D eigenvalue weighted by Gasteiger charge is 2.09. The van der Waals surface area contributed by atoms with Gasteiger partial charge in [0.1, 0.15) is 11.6 Å². The number of rotatable bonds is 3. The molecular formula is C12H13N3O. The predicted octanol–water partition coefficient (Wildman–Crippen LogP) is 1.91. The summed E-state index contributed by atoms with van der Waals surface area (Å²) in [7, 11) is 0. The molecule has 0 spiro atoms. The van der Waals surface area contributed by atoms with E-state index >= 15 is 0 Å². The van der Waals surface area contributed by atoms with Crippen LogP contribution in [-0.4, -0.2) is 20.7 Å². The molecule has 2 aromatic heterocycles. The van der Waals surface area contributed by atoms with Gasteiger partial charge < -0.3 is 4.98 Å². The van der Waals surface area contributed by atoms with Crippen molar-refractivity contribution in [2.24, 2.45) is 0 Å². The molecule has 0 aliphatic carbocycles. The van der Waals surface area contributed by atoms with Gasteiger partial charge in [-0.1, -0.05) is 0 Å². The van der Waals surface area contributed by atoms with E-state index in [1.807, 2.05) is 19.1 Å². The third-order valence-electron chi connectivity index (χ3n) is 2.29. The first-order valence-electron chi connectivity index (χ1n) is 5.12. The Morgan fingerprint density at radius 2 is 2.31 bits per heavy atom. The number of ketones is 1. The molecule has 4 nitrogen and oxygen atoms in total. The molecule has 0 aromatic carbocycles. The van der Waals surface area contributed by atoms with Gasteiger partial charge in [-0.3, -0.25) is 9.78 Å². The number of pyridine rings is 1. The minimum Gasteiger partial charge on any atom is -0.345 e. The first-order chi connectivity index (χ1) is 7.66. The largest absolute Gasteiger partial charge is 0.345 e. The van der Waals surface area contributed by atoms with Crippen molar-refractivity contribution >= 4 is 5.78 Å². The quantitative estimate of drug-likeness (QED) is 0.850. The van der Waals surface area contributed by atoms with Crippen molar-refractivity contribution < 1.29 is 4.79 Å². The van der Waals surface area contributed by atoms with E-state index in [4.69, 9.17) is 0 Å². The van der Waals surface area contributed by atoms with Crippen molar-refractivity contribution in [3.05, 3.63) is 36.0 Å². The molecule has 0 aliphatic rings. The Morgan fingerprint density at radius 1 is 1.50 bits per heavy atom. The highest BCUT2D eigenvalue weighted by atomic mass is 16.1. The summed E-state index contributed by atoms with van der Waals surface area (Å²) in [5, 5.41) is 0. The van der Waals surface area contributed by atoms with Gasteiger partial charge in [-0.2, -0.15) is 0 Å². The third kappa shape index (κ3) is 2.16. The number of aromatic amines is 1. The summed E-state index contributed by atoms with van der Waals surface area (Å²) in [6.45, 7) is 3.50. The van der Waals surface area contributed by atoms with Gasteiger partial charge in [0.05, 0.1) is 12.1 Å². The molecule has 4 heteroatoms. The number of carbonyl (C=O) groups excluding carboxylic acids is 1. The van der Waals surface area contributed by atoms with Crippen molar-refractivity contribution in [2.75, 3.05) is 0 Å². The zero-order valence-corrected chi connectivity index (χ0v) is 9.32. The fourth-order valence-corrected chi connectivity index (χ4v) is 1.63. The zero-order valence-electron chi connectivity index (χ0n) is 9.32. The van der Waals surface area contributed by atoms with Crippen LogP contribution in [0.3, 0.4) is 0 Å². The molecule has 0 radical (unpaired) electrons. The van der Waals surface area contributed by atoms with Crippen LogP contribution in [0.5, 0.6) is 0 Å². The number of imidazole rings is 1. The maximum atomic E-state index is 11.0. The molecule has 2 heterocycles. The fraction of sp³-hybridized carbons (Fsp3) is 0.250. The average molecular weight is 215 g/mol. The highest BCUT2D eigenvalue weighted by Crippen LogP contribution is 2.19. The van der Waals surface area contributed by atoms with Crippen molar-refractivity contribution in [3.63, 3.8) is 0 Å². The lowest BCUT2D eigenvalue weighted by molar-refractivity contribution is -0.116. The van der Waals surface area contributed by atoms with Gasteiger partial charge in [0.2, 0.25) is 0 Å². The van der Waals surface area contributed by atoms with E-state index in [1.165, 1.54) is 0 Å². The van der Waals surface area contributed by atoms with Gasteiger partial charge in [0.15, 0.2) is 0 Å². The summed E-state index contributed by atoms with van der Waals surface area (Å²) >= 11 is 0. The molecule has 16 heavy (non-hydrogen) atoms. The molecule has 0 saturated carbocycles. The number of nitrogens with one attached hydrogen (secondary N) is 1. The van der Waals surface area contributed by atoms with E-state index < -0.39 is 0 Å². The Kier molecular flexibility index (Phi) is 2.81. The van der Waals surface area contributed by atoms with E-state index in [1.54, 1.807) is 19.3 Å². The fourth-order valence-electron chi connectivity index (χ4n) is 1.63. The first kappa shape index (κ1) is 10.5. The Morgan fingerprint density at radius 3 is 2.94 bits per heavy atom. The topological polar surface area (TPSA) is 58.6 Å². The maximum Gasteiger partial charge on any atom is 0.137 e. The normalized spacial score (nSPS) is 10.4. The minimum absolute atomic E-state index is 0.103. The van der Waals surface area contributed by atoms with Crippen LogP contribution in [0.4, 0.5) is 0 Å². The lowest BCUT2D eigenvalue weighted by Gasteiger charge is -1.95. The summed E-state index contributed by atoms with van der Waals surface area (Å²) in [4.78, 5) is 22.6. The van der Waals surface area contributed by atoms with E-state index in [0.717, 1.165) is 17.0 Å². The van der Waals surface area contributed by atoms with Crippen LogP contribution in [0.2, 0.25) is 0 Å². The standard InChI is InChI=1S/C12H13N3O/c1-8(16)6-11-14-9(2)12(15-11)10-4-3-5-13-7-10/h3-5,7H,6H2,1-2H3,(H,14,15). The number of H-pyrrole nitrogens is 1. The van der Waals surface area contributed by atoms with Crippen LogP contribution < -0.4 is 0 Å². The van der Waals surface area contributed by atoms with Gasteiger partial charge in [-0.25, -0.2) is 4.98 Å². The molecule has 0 unspecified atom stereocenters. The number of aromatic nitrogens is 3. The Balaban J connectivity index is 2.36. The lowest BCUT2D eigenvalue weighted by Crippen LogP contribution is -1.98. The number of hydrogen-bond acceptors (Lipinski definition) is 3. The average Bonchev–Trinajstić information content (AvgIpc) is 2.60. The Hall–Kier alpha value is -1.97. The van der Waals surface area contributed by atoms with Crippen LogP contribution in [-0.2, 0) is 11.2 Å². The van der Waals surface area contributed by atoms with E-state index in [2.05, 4.69) is 15.0 Å². The molecule has 0 saturated heterocycles. The van der Waals surface area contributed by atoms with E-state index in [-0.39, 0.29) is 5.78 Å². The summed E-state index contributed by atoms with van der Waals surface area (Å²) in [5.74, 6) is 0.815. The van der Waals surface area contributed by atoms with Crippen LogP contribution >= 0.6 is 0 Å². The SMILES string of the molecule is CC(=O)Cc1nc(-c2cccnc2)c(C)[nH]1. The van der Waals surface area contributed by atoms with Crippen molar-refractivity contribution in [3.8, 4) is 11.3 Å². The predicted molar refractivity (Wildman–Crippen MR) is 60.9 cm³/mol. The second-order valence-corrected chi connectivity index (χ2v) is 3.78. The Bertz CT molecular complexity index is 502. The van der Waals surface area contributed by atoms with Gasteiger partial charge in [0, 0.05) is 23.7 Å². The lowest BCUT2D eigenvalue weighted by atomic mass is 10.2. The van der Waals surface area contributed by atoms with Crippen molar-refractivity contribution in [1.82, 2.24) is 15.0 Å². The minimum atomic E-state index is 0.103. The zero-order chi connectivity index (χ0) is 11.5. The number of nitrogens with zero attached hydrogens (tertiary/aromatic N) is 2. The van der Waals surface area contributed by atoms with Gasteiger partial charge in [-0.15, -0.1) is 0 Å². The van der Waals surface area contributed by atoms with Crippen LogP contribution in [0.1, 0.15) is 18.4 Å². The van der Waals surface area contributed by atoms with E-state index in [9.17, 15) is 4.79 Å². The molecule has 0 atom stereocenters. The molecule has 82 valence electrons. The summed E-state index contributed by atoms with van der Waals surface area (Å²) in [6, 6.07) is 3.82. The van der Waals surface area contributed by atoms with Gasteiger partial charge >= 0.3 is 0 Å². The number of hydrogen-bond donors (Lipinski definition) is 1. The van der Waals surface area contributed by atoms with Crippen LogP contribution in [0, 0.1) is 6.92 Å². The summed E-state index contributed by atoms with van der Waals surface area (Å²) < 4.78 is 0. The van der Waals surface area contributed by atoms with Crippen molar-refractivity contribution in [2.45, 2.75) is 20.3 Å². The molecule has 0 fully saturated rings. The number of carbonyl (C=O) groups is 1. The monoisotopic (exact) mass is 215 g/mol.